The van der Waals surface area contributed by atoms with E-state index in [4.69, 9.17) is 5.73 Å². The summed E-state index contributed by atoms with van der Waals surface area (Å²) in [7, 11) is 0. The van der Waals surface area contributed by atoms with Gasteiger partial charge >= 0.3 is 6.18 Å². The minimum absolute atomic E-state index is 0.146. The van der Waals surface area contributed by atoms with Gasteiger partial charge in [0.2, 0.25) is 5.91 Å². The highest BCUT2D eigenvalue weighted by Crippen LogP contribution is 2.30. The normalized spacial score (nSPS) is 12.7. The van der Waals surface area contributed by atoms with Gasteiger partial charge in [-0.1, -0.05) is 0 Å². The van der Waals surface area contributed by atoms with Crippen LogP contribution >= 0.6 is 0 Å². The molecule has 0 bridgehead atoms. The van der Waals surface area contributed by atoms with Crippen LogP contribution in [0.4, 0.5) is 19.0 Å². The molecule has 22 heavy (non-hydrogen) atoms. The summed E-state index contributed by atoms with van der Waals surface area (Å²) in [6.07, 6.45) is -1.82. The third-order valence-corrected chi connectivity index (χ3v) is 2.73. The van der Waals surface area contributed by atoms with Crippen LogP contribution in [0.15, 0.2) is 30.6 Å². The molecule has 6 nitrogen and oxygen atoms in total. The van der Waals surface area contributed by atoms with E-state index in [-0.39, 0.29) is 11.6 Å². The van der Waals surface area contributed by atoms with Crippen LogP contribution in [0.3, 0.4) is 0 Å². The molecule has 0 saturated carbocycles. The zero-order valence-electron chi connectivity index (χ0n) is 11.4. The highest BCUT2D eigenvalue weighted by Gasteiger charge is 2.34. The number of nitrogens with zero attached hydrogens (tertiary/aromatic N) is 3. The summed E-state index contributed by atoms with van der Waals surface area (Å²) >= 11 is 0. The van der Waals surface area contributed by atoms with E-state index in [0.29, 0.717) is 5.56 Å². The second-order valence-electron chi connectivity index (χ2n) is 4.47. The van der Waals surface area contributed by atoms with Gasteiger partial charge in [-0.15, -0.1) is 0 Å². The molecular weight excluding hydrogens is 299 g/mol. The lowest BCUT2D eigenvalue weighted by atomic mass is 10.2. The average Bonchev–Trinajstić information content (AvgIpc) is 2.46. The molecule has 2 aromatic heterocycles. The number of halogens is 3. The van der Waals surface area contributed by atoms with Gasteiger partial charge in [0.15, 0.2) is 11.5 Å². The van der Waals surface area contributed by atoms with Crippen LogP contribution in [0.5, 0.6) is 0 Å². The molecule has 0 spiro atoms. The highest BCUT2D eigenvalue weighted by molar-refractivity contribution is 5.82. The second-order valence-corrected chi connectivity index (χ2v) is 4.47. The Labute approximate surface area is 123 Å². The molecule has 0 aliphatic carbocycles. The number of anilines is 1. The first-order chi connectivity index (χ1) is 10.3. The Morgan fingerprint density at radius 3 is 2.64 bits per heavy atom. The van der Waals surface area contributed by atoms with E-state index >= 15 is 0 Å². The maximum atomic E-state index is 12.9. The molecule has 0 aliphatic rings. The quantitative estimate of drug-likeness (QED) is 0.898. The number of nitrogens with one attached hydrogen (secondary N) is 1. The molecule has 1 atom stereocenters. The summed E-state index contributed by atoms with van der Waals surface area (Å²) in [4.78, 5) is 22.3. The Morgan fingerprint density at radius 2 is 2.09 bits per heavy atom. The largest absolute Gasteiger partial charge is 0.433 e. The van der Waals surface area contributed by atoms with Gasteiger partial charge in [0.05, 0.1) is 0 Å². The minimum atomic E-state index is -4.65. The van der Waals surface area contributed by atoms with Crippen LogP contribution in [0.1, 0.15) is 12.6 Å². The van der Waals surface area contributed by atoms with Gasteiger partial charge in [0, 0.05) is 24.0 Å². The van der Waals surface area contributed by atoms with Crippen LogP contribution in [0.25, 0.3) is 11.4 Å². The fourth-order valence-corrected chi connectivity index (χ4v) is 1.58. The third kappa shape index (κ3) is 3.68. The fourth-order valence-electron chi connectivity index (χ4n) is 1.58. The number of alkyl halides is 3. The van der Waals surface area contributed by atoms with E-state index in [1.807, 2.05) is 0 Å². The number of amides is 1. The van der Waals surface area contributed by atoms with Crippen molar-refractivity contribution in [3.8, 4) is 11.4 Å². The smallest absolute Gasteiger partial charge is 0.368 e. The molecule has 0 radical (unpaired) electrons. The number of carbonyl (C=O) groups excluding carboxylic acids is 1. The monoisotopic (exact) mass is 311 g/mol. The van der Waals surface area contributed by atoms with E-state index in [1.54, 1.807) is 6.07 Å². The van der Waals surface area contributed by atoms with Gasteiger partial charge in [-0.25, -0.2) is 9.97 Å². The van der Waals surface area contributed by atoms with Crippen molar-refractivity contribution in [3.63, 3.8) is 0 Å². The first kappa shape index (κ1) is 15.7. The van der Waals surface area contributed by atoms with Gasteiger partial charge in [0.25, 0.3) is 0 Å². The second kappa shape index (κ2) is 5.96. The van der Waals surface area contributed by atoms with Gasteiger partial charge in [0.1, 0.15) is 11.9 Å². The van der Waals surface area contributed by atoms with Crippen molar-refractivity contribution >= 4 is 11.7 Å². The Balaban J connectivity index is 2.48. The summed E-state index contributed by atoms with van der Waals surface area (Å²) < 4.78 is 38.8. The Kier molecular flexibility index (Phi) is 4.25. The number of hydrogen-bond donors (Lipinski definition) is 2. The number of hydrogen-bond acceptors (Lipinski definition) is 5. The lowest BCUT2D eigenvalue weighted by molar-refractivity contribution is -0.141. The van der Waals surface area contributed by atoms with Crippen molar-refractivity contribution in [2.75, 3.05) is 5.32 Å². The van der Waals surface area contributed by atoms with E-state index in [9.17, 15) is 18.0 Å². The SMILES string of the molecule is C[C@@H](Nc1cc(C(F)(F)F)nc(-c2cccnc2)n1)C(N)=O. The number of primary amides is 1. The Hall–Kier alpha value is -2.71. The predicted octanol–water partition coefficient (Wildman–Crippen LogP) is 1.84. The van der Waals surface area contributed by atoms with Gasteiger partial charge in [-0.05, 0) is 19.1 Å². The maximum Gasteiger partial charge on any atom is 0.433 e. The van der Waals surface area contributed by atoms with Crippen LogP contribution in [-0.4, -0.2) is 26.9 Å². The number of nitrogens with two attached hydrogens (primary N) is 1. The van der Waals surface area contributed by atoms with Crippen molar-refractivity contribution in [2.24, 2.45) is 5.73 Å². The van der Waals surface area contributed by atoms with Crippen LogP contribution < -0.4 is 11.1 Å². The standard InChI is InChI=1S/C13H12F3N5O/c1-7(11(17)22)19-10-5-9(13(14,15)16)20-12(21-10)8-3-2-4-18-6-8/h2-7H,1H3,(H2,17,22)(H,19,20,21)/t7-/m1/s1. The van der Waals surface area contributed by atoms with E-state index < -0.39 is 23.8 Å². The summed E-state index contributed by atoms with van der Waals surface area (Å²) in [6, 6.07) is 2.93. The molecule has 2 rings (SSSR count). The van der Waals surface area contributed by atoms with Crippen molar-refractivity contribution in [1.29, 1.82) is 0 Å². The predicted molar refractivity (Wildman–Crippen MR) is 72.5 cm³/mol. The molecule has 0 fully saturated rings. The number of carbonyl (C=O) groups is 1. The van der Waals surface area contributed by atoms with Gasteiger partial charge in [-0.2, -0.15) is 13.2 Å². The zero-order chi connectivity index (χ0) is 16.3. The molecule has 2 heterocycles. The van der Waals surface area contributed by atoms with Crippen molar-refractivity contribution in [3.05, 3.63) is 36.3 Å². The molecular formula is C13H12F3N5O. The number of rotatable bonds is 4. The fraction of sp³-hybridized carbons (Fsp3) is 0.231. The lowest BCUT2D eigenvalue weighted by Gasteiger charge is -2.14. The average molecular weight is 311 g/mol. The Bertz CT molecular complexity index is 675. The van der Waals surface area contributed by atoms with Crippen LogP contribution in [0, 0.1) is 0 Å². The third-order valence-electron chi connectivity index (χ3n) is 2.73. The Morgan fingerprint density at radius 1 is 1.36 bits per heavy atom. The molecule has 0 unspecified atom stereocenters. The van der Waals surface area contributed by atoms with E-state index in [2.05, 4.69) is 20.3 Å². The zero-order valence-corrected chi connectivity index (χ0v) is 11.4. The molecule has 1 amide bonds. The van der Waals surface area contributed by atoms with Gasteiger partial charge in [-0.3, -0.25) is 9.78 Å². The van der Waals surface area contributed by atoms with Gasteiger partial charge < -0.3 is 11.1 Å². The molecule has 3 N–H and O–H groups in total. The van der Waals surface area contributed by atoms with E-state index in [0.717, 1.165) is 6.07 Å². The molecule has 0 saturated heterocycles. The lowest BCUT2D eigenvalue weighted by Crippen LogP contribution is -2.33. The topological polar surface area (TPSA) is 93.8 Å². The molecule has 0 aromatic carbocycles. The minimum Gasteiger partial charge on any atom is -0.368 e. The van der Waals surface area contributed by atoms with Crippen molar-refractivity contribution in [2.45, 2.75) is 19.1 Å². The summed E-state index contributed by atoms with van der Waals surface area (Å²) in [5.41, 5.74) is 4.28. The first-order valence-electron chi connectivity index (χ1n) is 6.20. The summed E-state index contributed by atoms with van der Waals surface area (Å²) in [5.74, 6) is -1.01. The summed E-state index contributed by atoms with van der Waals surface area (Å²) in [5, 5.41) is 2.52. The van der Waals surface area contributed by atoms with Crippen LogP contribution in [-0.2, 0) is 11.0 Å². The maximum absolute atomic E-state index is 12.9. The highest BCUT2D eigenvalue weighted by atomic mass is 19.4. The summed E-state index contributed by atoms with van der Waals surface area (Å²) in [6.45, 7) is 1.42. The molecule has 2 aromatic rings. The van der Waals surface area contributed by atoms with E-state index in [1.165, 1.54) is 25.4 Å². The number of aromatic nitrogens is 3. The van der Waals surface area contributed by atoms with Crippen LogP contribution in [0.2, 0.25) is 0 Å². The van der Waals surface area contributed by atoms with Crippen molar-refractivity contribution < 1.29 is 18.0 Å². The molecule has 9 heteroatoms. The number of pyridine rings is 1. The first-order valence-corrected chi connectivity index (χ1v) is 6.20. The van der Waals surface area contributed by atoms with Crippen molar-refractivity contribution in [1.82, 2.24) is 15.0 Å². The molecule has 116 valence electrons. The molecule has 0 aliphatic heterocycles.